The number of nitrogens with zero attached hydrogens (tertiary/aromatic N) is 2. The molecular formula is C28H41N5O6. The summed E-state index contributed by atoms with van der Waals surface area (Å²) in [5, 5.41) is 18.5. The smallest absolute Gasteiger partial charge is 0.255 e. The molecule has 0 bridgehead atoms. The van der Waals surface area contributed by atoms with Crippen LogP contribution in [-0.2, 0) is 14.4 Å². The molecule has 0 unspecified atom stereocenters. The molecule has 2 saturated heterocycles. The number of carbonyl (C=O) groups is 4. The lowest BCUT2D eigenvalue weighted by molar-refractivity contribution is -0.140. The monoisotopic (exact) mass is 543 g/mol. The van der Waals surface area contributed by atoms with E-state index in [1.807, 2.05) is 0 Å². The van der Waals surface area contributed by atoms with E-state index in [1.54, 1.807) is 29.2 Å². The predicted octanol–water partition coefficient (Wildman–Crippen LogP) is 0.416. The summed E-state index contributed by atoms with van der Waals surface area (Å²) in [6.45, 7) is 5.74. The highest BCUT2D eigenvalue weighted by Crippen LogP contribution is 2.24. The lowest BCUT2D eigenvalue weighted by atomic mass is 10.1. The highest BCUT2D eigenvalue weighted by Gasteiger charge is 2.37. The number of para-hydroxylation sites is 1. The maximum atomic E-state index is 13.3. The molecule has 2 fully saturated rings. The van der Waals surface area contributed by atoms with Crippen LogP contribution in [0.2, 0.25) is 0 Å². The van der Waals surface area contributed by atoms with Gasteiger partial charge >= 0.3 is 0 Å². The second-order valence-corrected chi connectivity index (χ2v) is 10.7. The molecule has 11 nitrogen and oxygen atoms in total. The molecule has 214 valence electrons. The fourth-order valence-electron chi connectivity index (χ4n) is 5.50. The third kappa shape index (κ3) is 7.69. The lowest BCUT2D eigenvalue weighted by Crippen LogP contribution is -2.57. The molecule has 3 heterocycles. The second-order valence-electron chi connectivity index (χ2n) is 10.7. The van der Waals surface area contributed by atoms with Crippen molar-refractivity contribution in [3.63, 3.8) is 0 Å². The first kappa shape index (κ1) is 28.8. The van der Waals surface area contributed by atoms with Gasteiger partial charge < -0.3 is 35.6 Å². The number of carbonyl (C=O) groups excluding carboxylic acids is 4. The Morgan fingerprint density at radius 1 is 1.10 bits per heavy atom. The number of amides is 4. The largest absolute Gasteiger partial charge is 0.491 e. The fourth-order valence-corrected chi connectivity index (χ4v) is 5.50. The number of unbranched alkanes of at least 4 members (excludes halogenated alkanes) is 1. The second kappa shape index (κ2) is 13.7. The highest BCUT2D eigenvalue weighted by atomic mass is 16.5. The SMILES string of the molecule is C[C@@H](O)[C@@H]1NC(=O)C[C@@H](C(=O)NCCCCN2CCCC2)NC(=O)c2ccccc2OC[C@H]2CCCN2C1=O. The van der Waals surface area contributed by atoms with Crippen LogP contribution >= 0.6 is 0 Å². The molecule has 4 amide bonds. The van der Waals surface area contributed by atoms with Gasteiger partial charge in [0.1, 0.15) is 24.4 Å². The zero-order chi connectivity index (χ0) is 27.8. The van der Waals surface area contributed by atoms with E-state index in [4.69, 9.17) is 4.74 Å². The molecule has 1 aromatic carbocycles. The average molecular weight is 544 g/mol. The quantitative estimate of drug-likeness (QED) is 0.365. The molecule has 39 heavy (non-hydrogen) atoms. The van der Waals surface area contributed by atoms with E-state index in [0.717, 1.165) is 38.9 Å². The van der Waals surface area contributed by atoms with Crippen molar-refractivity contribution in [3.8, 4) is 5.75 Å². The Hall–Kier alpha value is -3.18. The maximum absolute atomic E-state index is 13.3. The average Bonchev–Trinajstić information content (AvgIpc) is 3.61. The van der Waals surface area contributed by atoms with Crippen molar-refractivity contribution in [1.29, 1.82) is 0 Å². The number of ether oxygens (including phenoxy) is 1. The summed E-state index contributed by atoms with van der Waals surface area (Å²) in [7, 11) is 0. The van der Waals surface area contributed by atoms with Gasteiger partial charge in [0.15, 0.2) is 0 Å². The molecule has 3 aliphatic rings. The number of benzene rings is 1. The highest BCUT2D eigenvalue weighted by molar-refractivity contribution is 6.01. The van der Waals surface area contributed by atoms with E-state index >= 15 is 0 Å². The molecule has 4 N–H and O–H groups in total. The molecule has 0 spiro atoms. The fraction of sp³-hybridized carbons (Fsp3) is 0.643. The van der Waals surface area contributed by atoms with Crippen LogP contribution < -0.4 is 20.7 Å². The van der Waals surface area contributed by atoms with E-state index < -0.39 is 41.8 Å². The van der Waals surface area contributed by atoms with E-state index in [2.05, 4.69) is 20.9 Å². The van der Waals surface area contributed by atoms with E-state index in [1.165, 1.54) is 19.8 Å². The molecule has 1 aromatic rings. The van der Waals surface area contributed by atoms with Crippen molar-refractivity contribution in [3.05, 3.63) is 29.8 Å². The Morgan fingerprint density at radius 2 is 1.87 bits per heavy atom. The van der Waals surface area contributed by atoms with Crippen molar-refractivity contribution in [2.75, 3.05) is 39.3 Å². The van der Waals surface area contributed by atoms with E-state index in [-0.39, 0.29) is 24.6 Å². The number of fused-ring (bicyclic) bond motifs is 2. The Morgan fingerprint density at radius 3 is 2.64 bits per heavy atom. The number of aliphatic hydroxyl groups excluding tert-OH is 1. The van der Waals surface area contributed by atoms with Crippen LogP contribution in [0.5, 0.6) is 5.75 Å². The molecule has 3 aliphatic heterocycles. The van der Waals surface area contributed by atoms with Crippen molar-refractivity contribution < 1.29 is 29.0 Å². The van der Waals surface area contributed by atoms with Gasteiger partial charge in [-0.1, -0.05) is 12.1 Å². The van der Waals surface area contributed by atoms with E-state index in [9.17, 15) is 24.3 Å². The van der Waals surface area contributed by atoms with Gasteiger partial charge in [0.2, 0.25) is 17.7 Å². The van der Waals surface area contributed by atoms with Crippen LogP contribution in [0, 0.1) is 0 Å². The Kier molecular flexibility index (Phi) is 10.2. The molecule has 0 saturated carbocycles. The summed E-state index contributed by atoms with van der Waals surface area (Å²) in [4.78, 5) is 56.8. The predicted molar refractivity (Wildman–Crippen MR) is 144 cm³/mol. The van der Waals surface area contributed by atoms with Crippen LogP contribution in [0.25, 0.3) is 0 Å². The van der Waals surface area contributed by atoms with Gasteiger partial charge in [-0.3, -0.25) is 19.2 Å². The molecule has 11 heteroatoms. The summed E-state index contributed by atoms with van der Waals surface area (Å²) < 4.78 is 6.00. The number of hydrogen-bond donors (Lipinski definition) is 4. The number of hydrogen-bond acceptors (Lipinski definition) is 7. The zero-order valence-electron chi connectivity index (χ0n) is 22.7. The minimum absolute atomic E-state index is 0.165. The first-order valence-corrected chi connectivity index (χ1v) is 14.1. The van der Waals surface area contributed by atoms with Gasteiger partial charge in [-0.25, -0.2) is 0 Å². The summed E-state index contributed by atoms with van der Waals surface area (Å²) in [6.07, 6.45) is 4.13. The third-order valence-electron chi connectivity index (χ3n) is 7.70. The summed E-state index contributed by atoms with van der Waals surface area (Å²) in [5.41, 5.74) is 0.246. The Balaban J connectivity index is 1.48. The standard InChI is InChI=1S/C28H41N5O6/c1-19(34)25-28(38)33-16-8-9-20(33)18-39-23-11-3-2-10-21(23)26(36)30-22(17-24(35)31-25)27(37)29-12-4-5-13-32-14-6-7-15-32/h2-3,10-11,19-20,22,25,34H,4-9,12-18H2,1H3,(H,29,37)(H,30,36)(H,31,35)/t19-,20-,22+,25+/m1/s1. The van der Waals surface area contributed by atoms with Gasteiger partial charge in [0, 0.05) is 13.1 Å². The summed E-state index contributed by atoms with van der Waals surface area (Å²) >= 11 is 0. The lowest BCUT2D eigenvalue weighted by Gasteiger charge is -2.31. The number of nitrogens with one attached hydrogen (secondary N) is 3. The number of rotatable bonds is 7. The van der Waals surface area contributed by atoms with Gasteiger partial charge in [0.25, 0.3) is 5.91 Å². The van der Waals surface area contributed by atoms with Crippen LogP contribution in [0.1, 0.15) is 62.2 Å². The molecule has 0 aromatic heterocycles. The summed E-state index contributed by atoms with van der Waals surface area (Å²) in [6, 6.07) is 4.13. The summed E-state index contributed by atoms with van der Waals surface area (Å²) in [5.74, 6) is -1.68. The van der Waals surface area contributed by atoms with Crippen LogP contribution in [-0.4, -0.2) is 102 Å². The van der Waals surface area contributed by atoms with Gasteiger partial charge in [-0.2, -0.15) is 0 Å². The number of likely N-dealkylation sites (tertiary alicyclic amines) is 1. The van der Waals surface area contributed by atoms with Gasteiger partial charge in [-0.05, 0) is 77.2 Å². The molecule has 0 radical (unpaired) electrons. The van der Waals surface area contributed by atoms with Crippen molar-refractivity contribution in [2.24, 2.45) is 0 Å². The van der Waals surface area contributed by atoms with Crippen molar-refractivity contribution in [1.82, 2.24) is 25.8 Å². The Labute approximate surface area is 229 Å². The molecule has 0 aliphatic carbocycles. The van der Waals surface area contributed by atoms with Gasteiger partial charge in [-0.15, -0.1) is 0 Å². The number of aliphatic hydroxyl groups is 1. The van der Waals surface area contributed by atoms with Crippen LogP contribution in [0.3, 0.4) is 0 Å². The zero-order valence-corrected chi connectivity index (χ0v) is 22.7. The minimum Gasteiger partial charge on any atom is -0.491 e. The van der Waals surface area contributed by atoms with Crippen molar-refractivity contribution in [2.45, 2.75) is 76.1 Å². The maximum Gasteiger partial charge on any atom is 0.255 e. The van der Waals surface area contributed by atoms with E-state index in [0.29, 0.717) is 25.3 Å². The Bertz CT molecular complexity index is 1030. The first-order chi connectivity index (χ1) is 18.8. The van der Waals surface area contributed by atoms with Crippen LogP contribution in [0.4, 0.5) is 0 Å². The molecular weight excluding hydrogens is 502 g/mol. The normalized spacial score (nSPS) is 25.5. The topological polar surface area (TPSA) is 140 Å². The van der Waals surface area contributed by atoms with Gasteiger partial charge in [0.05, 0.1) is 24.1 Å². The van der Waals surface area contributed by atoms with Crippen molar-refractivity contribution >= 4 is 23.6 Å². The minimum atomic E-state index is -1.17. The third-order valence-corrected chi connectivity index (χ3v) is 7.70. The molecule has 4 atom stereocenters. The first-order valence-electron chi connectivity index (χ1n) is 14.1. The van der Waals surface area contributed by atoms with Crippen LogP contribution in [0.15, 0.2) is 24.3 Å². The molecule has 4 rings (SSSR count).